The summed E-state index contributed by atoms with van der Waals surface area (Å²) in [7, 11) is 0. The van der Waals surface area contributed by atoms with E-state index in [2.05, 4.69) is 0 Å². The van der Waals surface area contributed by atoms with Crippen molar-refractivity contribution in [3.8, 4) is 0 Å². The Labute approximate surface area is 85.9 Å². The zero-order chi connectivity index (χ0) is 11.6. The molecule has 0 unspecified atom stereocenters. The van der Waals surface area contributed by atoms with Crippen molar-refractivity contribution in [2.24, 2.45) is 5.92 Å². The number of ketones is 1. The van der Waals surface area contributed by atoms with Gasteiger partial charge in [0, 0.05) is 12.3 Å². The van der Waals surface area contributed by atoms with Crippen molar-refractivity contribution in [2.75, 3.05) is 0 Å². The lowest BCUT2D eigenvalue weighted by atomic mass is 10.0. The minimum atomic E-state index is -1.50. The van der Waals surface area contributed by atoms with Crippen LogP contribution in [0.1, 0.15) is 19.4 Å². The zero-order valence-electron chi connectivity index (χ0n) is 8.48. The molecule has 1 nitrogen and oxygen atoms in total. The summed E-state index contributed by atoms with van der Waals surface area (Å²) >= 11 is 0. The Hall–Kier alpha value is -1.32. The molecular formula is C11H11F3O. The number of Topliss-reactive ketones (excluding diaryl/α,β-unsaturated/α-hetero) is 1. The van der Waals surface area contributed by atoms with Crippen LogP contribution in [-0.2, 0) is 11.2 Å². The maximum absolute atomic E-state index is 12.8. The standard InChI is InChI=1S/C11H11F3O/c1-6(2)10(15)5-7-3-8(12)11(14)9(13)4-7/h3-4,6H,5H2,1-2H3. The maximum atomic E-state index is 12.8. The van der Waals surface area contributed by atoms with Gasteiger partial charge < -0.3 is 0 Å². The van der Waals surface area contributed by atoms with E-state index in [4.69, 9.17) is 0 Å². The molecule has 82 valence electrons. The van der Waals surface area contributed by atoms with Crippen molar-refractivity contribution in [3.05, 3.63) is 35.1 Å². The summed E-state index contributed by atoms with van der Waals surface area (Å²) in [5, 5.41) is 0. The van der Waals surface area contributed by atoms with Gasteiger partial charge in [0.2, 0.25) is 0 Å². The molecule has 0 heterocycles. The van der Waals surface area contributed by atoms with Crippen LogP contribution < -0.4 is 0 Å². The fourth-order valence-corrected chi connectivity index (χ4v) is 1.12. The quantitative estimate of drug-likeness (QED) is 0.710. The lowest BCUT2D eigenvalue weighted by Crippen LogP contribution is -2.11. The van der Waals surface area contributed by atoms with Crippen LogP contribution in [-0.4, -0.2) is 5.78 Å². The number of rotatable bonds is 3. The number of halogens is 3. The van der Waals surface area contributed by atoms with Gasteiger partial charge in [-0.1, -0.05) is 13.8 Å². The largest absolute Gasteiger partial charge is 0.299 e. The van der Waals surface area contributed by atoms with Crippen LogP contribution in [0.3, 0.4) is 0 Å². The third-order valence-electron chi connectivity index (χ3n) is 2.07. The lowest BCUT2D eigenvalue weighted by Gasteiger charge is -2.05. The number of hydrogen-bond acceptors (Lipinski definition) is 1. The Morgan fingerprint density at radius 1 is 1.20 bits per heavy atom. The summed E-state index contributed by atoms with van der Waals surface area (Å²) in [6, 6.07) is 1.69. The number of carbonyl (C=O) groups excluding carboxylic acids is 1. The first kappa shape index (κ1) is 11.8. The van der Waals surface area contributed by atoms with Crippen molar-refractivity contribution in [1.29, 1.82) is 0 Å². The Kier molecular flexibility index (Phi) is 3.50. The van der Waals surface area contributed by atoms with E-state index in [0.717, 1.165) is 12.1 Å². The van der Waals surface area contributed by atoms with Crippen molar-refractivity contribution in [3.63, 3.8) is 0 Å². The molecule has 0 saturated carbocycles. The van der Waals surface area contributed by atoms with E-state index < -0.39 is 17.5 Å². The second kappa shape index (κ2) is 4.47. The van der Waals surface area contributed by atoms with Gasteiger partial charge in [-0.05, 0) is 17.7 Å². The van der Waals surface area contributed by atoms with E-state index in [0.29, 0.717) is 0 Å². The average Bonchev–Trinajstić information content (AvgIpc) is 2.13. The van der Waals surface area contributed by atoms with Gasteiger partial charge in [0.15, 0.2) is 17.5 Å². The molecule has 0 atom stereocenters. The highest BCUT2D eigenvalue weighted by atomic mass is 19.2. The molecule has 0 amide bonds. The average molecular weight is 216 g/mol. The lowest BCUT2D eigenvalue weighted by molar-refractivity contribution is -0.121. The van der Waals surface area contributed by atoms with Crippen LogP contribution in [0.4, 0.5) is 13.2 Å². The highest BCUT2D eigenvalue weighted by Gasteiger charge is 2.14. The molecule has 0 fully saturated rings. The fourth-order valence-electron chi connectivity index (χ4n) is 1.12. The maximum Gasteiger partial charge on any atom is 0.194 e. The highest BCUT2D eigenvalue weighted by molar-refractivity contribution is 5.82. The third kappa shape index (κ3) is 2.81. The van der Waals surface area contributed by atoms with Crippen LogP contribution in [0.2, 0.25) is 0 Å². The molecular weight excluding hydrogens is 205 g/mol. The van der Waals surface area contributed by atoms with Crippen LogP contribution in [0.15, 0.2) is 12.1 Å². The summed E-state index contributed by atoms with van der Waals surface area (Å²) in [6.07, 6.45) is -0.0776. The summed E-state index contributed by atoms with van der Waals surface area (Å²) in [5.41, 5.74) is 0.158. The van der Waals surface area contributed by atoms with Crippen LogP contribution in [0.25, 0.3) is 0 Å². The molecule has 0 saturated heterocycles. The Bertz CT molecular complexity index is 362. The van der Waals surface area contributed by atoms with Crippen LogP contribution in [0, 0.1) is 23.4 Å². The molecule has 0 aliphatic rings. The smallest absolute Gasteiger partial charge is 0.194 e. The molecule has 1 aromatic rings. The Morgan fingerprint density at radius 2 is 1.67 bits per heavy atom. The zero-order valence-corrected chi connectivity index (χ0v) is 8.48. The van der Waals surface area contributed by atoms with E-state index in [1.165, 1.54) is 0 Å². The first-order chi connectivity index (χ1) is 6.91. The van der Waals surface area contributed by atoms with Crippen molar-refractivity contribution in [2.45, 2.75) is 20.3 Å². The van der Waals surface area contributed by atoms with Crippen molar-refractivity contribution >= 4 is 5.78 Å². The van der Waals surface area contributed by atoms with Gasteiger partial charge in [-0.25, -0.2) is 13.2 Å². The first-order valence-corrected chi connectivity index (χ1v) is 4.58. The second-order valence-electron chi connectivity index (χ2n) is 3.67. The van der Waals surface area contributed by atoms with E-state index in [9.17, 15) is 18.0 Å². The summed E-state index contributed by atoms with van der Waals surface area (Å²) in [4.78, 5) is 11.3. The minimum absolute atomic E-state index is 0.0776. The first-order valence-electron chi connectivity index (χ1n) is 4.58. The van der Waals surface area contributed by atoms with E-state index in [1.54, 1.807) is 13.8 Å². The van der Waals surface area contributed by atoms with E-state index in [1.807, 2.05) is 0 Å². The molecule has 0 aromatic heterocycles. The fraction of sp³-hybridized carbons (Fsp3) is 0.364. The molecule has 0 aliphatic carbocycles. The van der Waals surface area contributed by atoms with Crippen LogP contribution >= 0.6 is 0 Å². The minimum Gasteiger partial charge on any atom is -0.299 e. The third-order valence-corrected chi connectivity index (χ3v) is 2.07. The van der Waals surface area contributed by atoms with Gasteiger partial charge in [0.05, 0.1) is 0 Å². The highest BCUT2D eigenvalue weighted by Crippen LogP contribution is 2.15. The molecule has 1 aromatic carbocycles. The molecule has 0 bridgehead atoms. The number of carbonyl (C=O) groups is 1. The summed E-state index contributed by atoms with van der Waals surface area (Å²) in [5.74, 6) is -4.37. The van der Waals surface area contributed by atoms with Crippen molar-refractivity contribution in [1.82, 2.24) is 0 Å². The number of benzene rings is 1. The van der Waals surface area contributed by atoms with Gasteiger partial charge in [-0.3, -0.25) is 4.79 Å². The predicted octanol–water partition coefficient (Wildman–Crippen LogP) is 2.87. The van der Waals surface area contributed by atoms with Gasteiger partial charge in [-0.15, -0.1) is 0 Å². The molecule has 0 spiro atoms. The SMILES string of the molecule is CC(C)C(=O)Cc1cc(F)c(F)c(F)c1. The molecule has 0 radical (unpaired) electrons. The van der Waals surface area contributed by atoms with Crippen molar-refractivity contribution < 1.29 is 18.0 Å². The normalized spacial score (nSPS) is 10.8. The van der Waals surface area contributed by atoms with Gasteiger partial charge >= 0.3 is 0 Å². The van der Waals surface area contributed by atoms with E-state index in [-0.39, 0.29) is 23.7 Å². The topological polar surface area (TPSA) is 17.1 Å². The Morgan fingerprint density at radius 3 is 2.07 bits per heavy atom. The molecule has 15 heavy (non-hydrogen) atoms. The second-order valence-corrected chi connectivity index (χ2v) is 3.67. The van der Waals surface area contributed by atoms with Crippen LogP contribution in [0.5, 0.6) is 0 Å². The van der Waals surface area contributed by atoms with Gasteiger partial charge in [0.25, 0.3) is 0 Å². The monoisotopic (exact) mass is 216 g/mol. The molecule has 4 heteroatoms. The van der Waals surface area contributed by atoms with Gasteiger partial charge in [0.1, 0.15) is 5.78 Å². The molecule has 0 aliphatic heterocycles. The number of hydrogen-bond donors (Lipinski definition) is 0. The van der Waals surface area contributed by atoms with E-state index >= 15 is 0 Å². The molecule has 1 rings (SSSR count). The Balaban J connectivity index is 2.93. The predicted molar refractivity (Wildman–Crippen MR) is 49.9 cm³/mol. The molecule has 0 N–H and O–H groups in total. The summed E-state index contributed by atoms with van der Waals surface area (Å²) in [6.45, 7) is 3.39. The van der Waals surface area contributed by atoms with Gasteiger partial charge in [-0.2, -0.15) is 0 Å². The summed E-state index contributed by atoms with van der Waals surface area (Å²) < 4.78 is 38.1.